The molecule has 1 amide bonds. The number of amides is 1. The number of carbonyl (C=O) groups excluding carboxylic acids is 1. The van der Waals surface area contributed by atoms with Crippen molar-refractivity contribution in [3.8, 4) is 0 Å². The summed E-state index contributed by atoms with van der Waals surface area (Å²) in [4.78, 5) is 12.2. The Kier molecular flexibility index (Phi) is 4.05. The molecule has 4 heteroatoms. The van der Waals surface area contributed by atoms with Crippen molar-refractivity contribution in [3.63, 3.8) is 0 Å². The quantitative estimate of drug-likeness (QED) is 0.676. The summed E-state index contributed by atoms with van der Waals surface area (Å²) in [6.07, 6.45) is 8.24. The molecule has 98 valence electrons. The highest BCUT2D eigenvalue weighted by Gasteiger charge is 2.37. The monoisotopic (exact) mass is 240 g/mol. The van der Waals surface area contributed by atoms with E-state index >= 15 is 0 Å². The van der Waals surface area contributed by atoms with Crippen molar-refractivity contribution in [1.29, 1.82) is 0 Å². The van der Waals surface area contributed by atoms with Crippen LogP contribution in [-0.4, -0.2) is 28.7 Å². The molecular weight excluding hydrogens is 216 g/mol. The summed E-state index contributed by atoms with van der Waals surface area (Å²) in [5, 5.41) is 12.8. The maximum atomic E-state index is 12.2. The van der Waals surface area contributed by atoms with Gasteiger partial charge < -0.3 is 16.2 Å². The van der Waals surface area contributed by atoms with Gasteiger partial charge in [-0.3, -0.25) is 4.79 Å². The van der Waals surface area contributed by atoms with Crippen molar-refractivity contribution >= 4 is 5.91 Å². The second kappa shape index (κ2) is 5.36. The standard InChI is InChI=1S/C13H24N2O2/c14-13(8-4-1-5-9-13)12(17)15-10-6-2-3-7-11(10)16/h10-11,16H,1-9,14H2,(H,15,17)/t10-,11-/m1/s1. The number of hydrogen-bond acceptors (Lipinski definition) is 3. The summed E-state index contributed by atoms with van der Waals surface area (Å²) >= 11 is 0. The molecule has 0 heterocycles. The fraction of sp³-hybridized carbons (Fsp3) is 0.923. The van der Waals surface area contributed by atoms with Gasteiger partial charge in [0.15, 0.2) is 0 Å². The molecule has 0 unspecified atom stereocenters. The maximum absolute atomic E-state index is 12.2. The number of nitrogens with two attached hydrogens (primary N) is 1. The molecule has 2 aliphatic carbocycles. The molecule has 0 radical (unpaired) electrons. The summed E-state index contributed by atoms with van der Waals surface area (Å²) in [5.74, 6) is -0.0526. The number of aliphatic hydroxyl groups excluding tert-OH is 1. The largest absolute Gasteiger partial charge is 0.391 e. The molecule has 0 aromatic carbocycles. The summed E-state index contributed by atoms with van der Waals surface area (Å²) < 4.78 is 0. The highest BCUT2D eigenvalue weighted by Crippen LogP contribution is 2.27. The average molecular weight is 240 g/mol. The molecule has 17 heavy (non-hydrogen) atoms. The van der Waals surface area contributed by atoms with Crippen molar-refractivity contribution in [1.82, 2.24) is 5.32 Å². The Morgan fingerprint density at radius 2 is 1.76 bits per heavy atom. The zero-order valence-corrected chi connectivity index (χ0v) is 10.5. The molecule has 2 saturated carbocycles. The average Bonchev–Trinajstić information content (AvgIpc) is 2.33. The van der Waals surface area contributed by atoms with Gasteiger partial charge >= 0.3 is 0 Å². The van der Waals surface area contributed by atoms with Gasteiger partial charge in [-0.25, -0.2) is 0 Å². The molecule has 0 spiro atoms. The van der Waals surface area contributed by atoms with Crippen molar-refractivity contribution in [2.45, 2.75) is 75.5 Å². The molecule has 0 bridgehead atoms. The first kappa shape index (κ1) is 12.8. The molecular formula is C13H24N2O2. The van der Waals surface area contributed by atoms with Crippen LogP contribution >= 0.6 is 0 Å². The minimum atomic E-state index is -0.685. The van der Waals surface area contributed by atoms with Gasteiger partial charge in [-0.1, -0.05) is 32.1 Å². The number of hydrogen-bond donors (Lipinski definition) is 3. The predicted molar refractivity (Wildman–Crippen MR) is 66.4 cm³/mol. The first-order valence-corrected chi connectivity index (χ1v) is 6.90. The van der Waals surface area contributed by atoms with Crippen LogP contribution in [0.25, 0.3) is 0 Å². The van der Waals surface area contributed by atoms with E-state index in [1.54, 1.807) is 0 Å². The second-order valence-electron chi connectivity index (χ2n) is 5.65. The van der Waals surface area contributed by atoms with Crippen LogP contribution in [0.3, 0.4) is 0 Å². The highest BCUT2D eigenvalue weighted by molar-refractivity contribution is 5.86. The smallest absolute Gasteiger partial charge is 0.240 e. The molecule has 2 atom stereocenters. The van der Waals surface area contributed by atoms with E-state index < -0.39 is 5.54 Å². The van der Waals surface area contributed by atoms with Gasteiger partial charge in [-0.2, -0.15) is 0 Å². The molecule has 0 saturated heterocycles. The van der Waals surface area contributed by atoms with E-state index in [-0.39, 0.29) is 18.1 Å². The van der Waals surface area contributed by atoms with Crippen LogP contribution in [0.1, 0.15) is 57.8 Å². The summed E-state index contributed by atoms with van der Waals surface area (Å²) in [6, 6.07) is -0.0846. The van der Waals surface area contributed by atoms with Crippen molar-refractivity contribution in [3.05, 3.63) is 0 Å². The van der Waals surface area contributed by atoms with Crippen LogP contribution < -0.4 is 11.1 Å². The summed E-state index contributed by atoms with van der Waals surface area (Å²) in [6.45, 7) is 0. The Labute approximate surface area is 103 Å². The van der Waals surface area contributed by atoms with Gasteiger partial charge in [-0.05, 0) is 25.7 Å². The third-order valence-corrected chi connectivity index (χ3v) is 4.24. The van der Waals surface area contributed by atoms with E-state index in [4.69, 9.17) is 5.73 Å². The van der Waals surface area contributed by atoms with E-state index in [0.717, 1.165) is 51.4 Å². The van der Waals surface area contributed by atoms with Gasteiger partial charge in [0.1, 0.15) is 0 Å². The molecule has 0 aromatic rings. The molecule has 4 nitrogen and oxygen atoms in total. The SMILES string of the molecule is NC1(C(=O)N[C@@H]2CCCC[C@H]2O)CCCCC1. The third-order valence-electron chi connectivity index (χ3n) is 4.24. The number of carbonyl (C=O) groups is 1. The first-order chi connectivity index (χ1) is 8.12. The van der Waals surface area contributed by atoms with E-state index in [1.165, 1.54) is 6.42 Å². The Morgan fingerprint density at radius 3 is 2.41 bits per heavy atom. The Balaban J connectivity index is 1.90. The highest BCUT2D eigenvalue weighted by atomic mass is 16.3. The Bertz CT molecular complexity index is 275. The van der Waals surface area contributed by atoms with Gasteiger partial charge in [0, 0.05) is 0 Å². The normalized spacial score (nSPS) is 33.1. The van der Waals surface area contributed by atoms with Gasteiger partial charge in [0.25, 0.3) is 0 Å². The van der Waals surface area contributed by atoms with E-state index in [1.807, 2.05) is 0 Å². The molecule has 2 fully saturated rings. The maximum Gasteiger partial charge on any atom is 0.240 e. The second-order valence-corrected chi connectivity index (χ2v) is 5.65. The zero-order chi connectivity index (χ0) is 12.3. The van der Waals surface area contributed by atoms with Crippen molar-refractivity contribution in [2.24, 2.45) is 5.73 Å². The lowest BCUT2D eigenvalue weighted by Crippen LogP contribution is -2.59. The molecule has 4 N–H and O–H groups in total. The van der Waals surface area contributed by atoms with Crippen LogP contribution in [-0.2, 0) is 4.79 Å². The number of rotatable bonds is 2. The van der Waals surface area contributed by atoms with Crippen LogP contribution in [0, 0.1) is 0 Å². The van der Waals surface area contributed by atoms with Gasteiger partial charge in [0.2, 0.25) is 5.91 Å². The lowest BCUT2D eigenvalue weighted by molar-refractivity contribution is -0.129. The van der Waals surface area contributed by atoms with Crippen molar-refractivity contribution < 1.29 is 9.90 Å². The van der Waals surface area contributed by atoms with Crippen molar-refractivity contribution in [2.75, 3.05) is 0 Å². The Hall–Kier alpha value is -0.610. The predicted octanol–water partition coefficient (Wildman–Crippen LogP) is 1.07. The minimum absolute atomic E-state index is 0.0526. The Morgan fingerprint density at radius 1 is 1.12 bits per heavy atom. The molecule has 2 rings (SSSR count). The molecule has 0 aliphatic heterocycles. The van der Waals surface area contributed by atoms with E-state index in [0.29, 0.717) is 0 Å². The van der Waals surface area contributed by atoms with Crippen LogP contribution in [0.5, 0.6) is 0 Å². The lowest BCUT2D eigenvalue weighted by atomic mass is 9.81. The van der Waals surface area contributed by atoms with Crippen LogP contribution in [0.2, 0.25) is 0 Å². The fourth-order valence-corrected chi connectivity index (χ4v) is 3.00. The summed E-state index contributed by atoms with van der Waals surface area (Å²) in [7, 11) is 0. The minimum Gasteiger partial charge on any atom is -0.391 e. The van der Waals surface area contributed by atoms with Gasteiger partial charge in [0.05, 0.1) is 17.7 Å². The summed E-state index contributed by atoms with van der Waals surface area (Å²) in [5.41, 5.74) is 5.49. The number of nitrogens with one attached hydrogen (secondary N) is 1. The lowest BCUT2D eigenvalue weighted by Gasteiger charge is -2.35. The third kappa shape index (κ3) is 2.99. The molecule has 2 aliphatic rings. The number of aliphatic hydroxyl groups is 1. The topological polar surface area (TPSA) is 75.4 Å². The zero-order valence-electron chi connectivity index (χ0n) is 10.5. The van der Waals surface area contributed by atoms with E-state index in [2.05, 4.69) is 5.32 Å². The molecule has 0 aromatic heterocycles. The van der Waals surface area contributed by atoms with Gasteiger partial charge in [-0.15, -0.1) is 0 Å². The first-order valence-electron chi connectivity index (χ1n) is 6.90. The van der Waals surface area contributed by atoms with E-state index in [9.17, 15) is 9.90 Å². The van der Waals surface area contributed by atoms with Crippen LogP contribution in [0.15, 0.2) is 0 Å². The fourth-order valence-electron chi connectivity index (χ4n) is 3.00. The van der Waals surface area contributed by atoms with Crippen LogP contribution in [0.4, 0.5) is 0 Å².